The maximum absolute atomic E-state index is 13.7. The van der Waals surface area contributed by atoms with Crippen LogP contribution in [-0.4, -0.2) is 50.7 Å². The molecule has 2 aliphatic carbocycles. The predicted molar refractivity (Wildman–Crippen MR) is 135 cm³/mol. The van der Waals surface area contributed by atoms with Gasteiger partial charge in [0, 0.05) is 26.5 Å². The van der Waals surface area contributed by atoms with Crippen molar-refractivity contribution in [3.63, 3.8) is 0 Å². The lowest BCUT2D eigenvalue weighted by molar-refractivity contribution is -0.132. The second-order valence-corrected chi connectivity index (χ2v) is 11.3. The van der Waals surface area contributed by atoms with Crippen molar-refractivity contribution in [1.29, 1.82) is 0 Å². The molecule has 1 aliphatic heterocycles. The number of nitrogens with zero attached hydrogens (tertiary/aromatic N) is 2. The van der Waals surface area contributed by atoms with Gasteiger partial charge in [0.05, 0.1) is 11.4 Å². The minimum absolute atomic E-state index is 0.00105. The Balaban J connectivity index is 1.74. The van der Waals surface area contributed by atoms with Gasteiger partial charge in [-0.15, -0.1) is 0 Å². The minimum Gasteiger partial charge on any atom is -0.382 e. The summed E-state index contributed by atoms with van der Waals surface area (Å²) < 4.78 is 35.6. The van der Waals surface area contributed by atoms with Crippen LogP contribution >= 0.6 is 0 Å². The highest BCUT2D eigenvalue weighted by Gasteiger charge is 2.53. The summed E-state index contributed by atoms with van der Waals surface area (Å²) in [6.07, 6.45) is 13.3. The fraction of sp³-hybridized carbons (Fsp3) is 0.385. The number of nitrogens with two attached hydrogens (primary N) is 1. The Hall–Kier alpha value is -3.17. The first-order valence-corrected chi connectivity index (χ1v) is 13.0. The van der Waals surface area contributed by atoms with Gasteiger partial charge in [-0.1, -0.05) is 48.6 Å². The van der Waals surface area contributed by atoms with Crippen molar-refractivity contribution >= 4 is 22.0 Å². The standard InChI is InChI=1S/C26H31N3O5S/c1-17(2)35(31,32)34-23-13-7-11-21(16-23)26(24(30)29(3)25(27)28-26)20-10-5-8-18(14-20)19-9-6-12-22(15-19)33-4/h5-13,16-17,20,22H,14-15H2,1-4H3,(H2,27,28). The number of hydrogen-bond acceptors (Lipinski definition) is 7. The molecule has 0 saturated carbocycles. The van der Waals surface area contributed by atoms with E-state index in [0.717, 1.165) is 17.6 Å². The average molecular weight is 498 g/mol. The Morgan fingerprint density at radius 1 is 1.14 bits per heavy atom. The molecular weight excluding hydrogens is 466 g/mol. The van der Waals surface area contributed by atoms with Gasteiger partial charge in [0.2, 0.25) is 0 Å². The number of methoxy groups -OCH3 is 1. The monoisotopic (exact) mass is 497 g/mol. The van der Waals surface area contributed by atoms with E-state index in [1.165, 1.54) is 4.90 Å². The summed E-state index contributed by atoms with van der Waals surface area (Å²) in [5, 5.41) is -0.712. The van der Waals surface area contributed by atoms with Gasteiger partial charge in [0.25, 0.3) is 5.91 Å². The number of allylic oxidation sites excluding steroid dienone is 5. The molecule has 0 saturated heterocycles. The molecule has 8 nitrogen and oxygen atoms in total. The molecule has 3 unspecified atom stereocenters. The zero-order valence-corrected chi connectivity index (χ0v) is 21.2. The molecule has 186 valence electrons. The highest BCUT2D eigenvalue weighted by molar-refractivity contribution is 7.87. The van der Waals surface area contributed by atoms with Gasteiger partial charge in [-0.05, 0) is 49.1 Å². The van der Waals surface area contributed by atoms with Crippen molar-refractivity contribution in [2.45, 2.75) is 43.6 Å². The third-order valence-corrected chi connectivity index (χ3v) is 8.29. The van der Waals surface area contributed by atoms with Gasteiger partial charge in [0.15, 0.2) is 11.5 Å². The number of hydrogen-bond donors (Lipinski definition) is 1. The number of aliphatic imine (C=N–C) groups is 1. The molecule has 0 radical (unpaired) electrons. The van der Waals surface area contributed by atoms with Crippen LogP contribution in [0.25, 0.3) is 0 Å². The zero-order valence-electron chi connectivity index (χ0n) is 20.3. The largest absolute Gasteiger partial charge is 0.382 e. The minimum atomic E-state index is -3.81. The fourth-order valence-corrected chi connectivity index (χ4v) is 5.14. The van der Waals surface area contributed by atoms with Crippen LogP contribution in [0.4, 0.5) is 0 Å². The van der Waals surface area contributed by atoms with E-state index >= 15 is 0 Å². The molecular formula is C26H31N3O5S. The molecule has 0 bridgehead atoms. The Morgan fingerprint density at radius 3 is 2.46 bits per heavy atom. The topological polar surface area (TPSA) is 111 Å². The van der Waals surface area contributed by atoms with Crippen LogP contribution < -0.4 is 9.92 Å². The summed E-state index contributed by atoms with van der Waals surface area (Å²) in [7, 11) is -0.532. The van der Waals surface area contributed by atoms with Crippen molar-refractivity contribution in [2.75, 3.05) is 14.2 Å². The van der Waals surface area contributed by atoms with Crippen LogP contribution in [0.3, 0.4) is 0 Å². The number of benzene rings is 1. The van der Waals surface area contributed by atoms with Gasteiger partial charge >= 0.3 is 10.1 Å². The molecule has 1 amide bonds. The number of ether oxygens (including phenoxy) is 1. The maximum atomic E-state index is 13.7. The summed E-state index contributed by atoms with van der Waals surface area (Å²) in [6, 6.07) is 6.56. The van der Waals surface area contributed by atoms with Crippen LogP contribution in [-0.2, 0) is 25.2 Å². The van der Waals surface area contributed by atoms with Crippen molar-refractivity contribution in [3.05, 3.63) is 77.4 Å². The summed E-state index contributed by atoms with van der Waals surface area (Å²) in [5.74, 6) is -0.379. The highest BCUT2D eigenvalue weighted by Crippen LogP contribution is 2.46. The highest BCUT2D eigenvalue weighted by atomic mass is 32.2. The lowest BCUT2D eigenvalue weighted by atomic mass is 9.72. The Kier molecular flexibility index (Phi) is 6.75. The summed E-state index contributed by atoms with van der Waals surface area (Å²) >= 11 is 0. The number of rotatable bonds is 7. The molecule has 3 aliphatic rings. The molecule has 1 aromatic rings. The van der Waals surface area contributed by atoms with E-state index in [0.29, 0.717) is 12.0 Å². The first-order valence-electron chi connectivity index (χ1n) is 11.5. The third-order valence-electron chi connectivity index (χ3n) is 6.71. The van der Waals surface area contributed by atoms with Gasteiger partial charge in [-0.25, -0.2) is 4.99 Å². The number of carbonyl (C=O) groups excluding carboxylic acids is 1. The Morgan fingerprint density at radius 2 is 1.83 bits per heavy atom. The quantitative estimate of drug-likeness (QED) is 0.579. The van der Waals surface area contributed by atoms with E-state index in [1.54, 1.807) is 52.3 Å². The van der Waals surface area contributed by atoms with Crippen molar-refractivity contribution in [1.82, 2.24) is 4.90 Å². The number of guanidine groups is 1. The second-order valence-electron chi connectivity index (χ2n) is 9.20. The van der Waals surface area contributed by atoms with Gasteiger partial charge in [0.1, 0.15) is 5.75 Å². The zero-order chi connectivity index (χ0) is 25.4. The lowest BCUT2D eigenvalue weighted by Gasteiger charge is -2.35. The summed E-state index contributed by atoms with van der Waals surface area (Å²) in [6.45, 7) is 3.09. The Labute approximate surface area is 206 Å². The molecule has 0 spiro atoms. The van der Waals surface area contributed by atoms with E-state index in [1.807, 2.05) is 30.4 Å². The molecule has 35 heavy (non-hydrogen) atoms. The number of carbonyl (C=O) groups is 1. The van der Waals surface area contributed by atoms with E-state index in [4.69, 9.17) is 14.7 Å². The van der Waals surface area contributed by atoms with Crippen LogP contribution in [0, 0.1) is 5.92 Å². The molecule has 2 N–H and O–H groups in total. The van der Waals surface area contributed by atoms with E-state index in [-0.39, 0.29) is 29.6 Å². The molecule has 3 atom stereocenters. The molecule has 1 aromatic carbocycles. The van der Waals surface area contributed by atoms with Crippen molar-refractivity contribution in [3.8, 4) is 5.75 Å². The fourth-order valence-electron chi connectivity index (χ4n) is 4.57. The van der Waals surface area contributed by atoms with Gasteiger partial charge < -0.3 is 14.7 Å². The van der Waals surface area contributed by atoms with Crippen molar-refractivity contribution < 1.29 is 22.1 Å². The van der Waals surface area contributed by atoms with Gasteiger partial charge in [-0.3, -0.25) is 9.69 Å². The average Bonchev–Trinajstić information content (AvgIpc) is 3.08. The number of likely N-dealkylation sites (N-methyl/N-ethyl adjacent to an activating group) is 1. The first kappa shape index (κ1) is 24.9. The van der Waals surface area contributed by atoms with Crippen molar-refractivity contribution in [2.24, 2.45) is 16.6 Å². The second kappa shape index (κ2) is 9.47. The SMILES string of the molecule is COC1C=CC=C(C2=CC=CC(C3(c4cccc(OS(=O)(=O)C(C)C)c4)N=C(N)N(C)C3=O)C2)C1. The Bertz CT molecular complexity index is 1280. The van der Waals surface area contributed by atoms with Gasteiger partial charge in [-0.2, -0.15) is 8.42 Å². The van der Waals surface area contributed by atoms with Crippen LogP contribution in [0.2, 0.25) is 0 Å². The van der Waals surface area contributed by atoms with Crippen LogP contribution in [0.5, 0.6) is 5.75 Å². The van der Waals surface area contributed by atoms with Crippen LogP contribution in [0.1, 0.15) is 32.3 Å². The molecule has 0 fully saturated rings. The molecule has 1 heterocycles. The summed E-state index contributed by atoms with van der Waals surface area (Å²) in [4.78, 5) is 19.7. The van der Waals surface area contributed by atoms with Crippen LogP contribution in [0.15, 0.2) is 76.9 Å². The third kappa shape index (κ3) is 4.58. The first-order chi connectivity index (χ1) is 16.6. The smallest absolute Gasteiger partial charge is 0.311 e. The molecule has 9 heteroatoms. The van der Waals surface area contributed by atoms with E-state index in [2.05, 4.69) is 11.1 Å². The molecule has 4 rings (SSSR count). The maximum Gasteiger partial charge on any atom is 0.311 e. The lowest BCUT2D eigenvalue weighted by Crippen LogP contribution is -2.44. The van der Waals surface area contributed by atoms with E-state index < -0.39 is 20.9 Å². The number of amides is 1. The molecule has 0 aromatic heterocycles. The summed E-state index contributed by atoms with van der Waals surface area (Å²) in [5.41, 5.74) is 7.54. The normalized spacial score (nSPS) is 26.6. The predicted octanol–water partition coefficient (Wildman–Crippen LogP) is 3.19. The van der Waals surface area contributed by atoms with E-state index in [9.17, 15) is 13.2 Å².